The van der Waals surface area contributed by atoms with Gasteiger partial charge in [0.1, 0.15) is 0 Å². The zero-order chi connectivity index (χ0) is 15.0. The lowest BCUT2D eigenvalue weighted by molar-refractivity contribution is -0.116. The van der Waals surface area contributed by atoms with E-state index in [2.05, 4.69) is 5.32 Å². The van der Waals surface area contributed by atoms with Crippen LogP contribution in [0.3, 0.4) is 0 Å². The van der Waals surface area contributed by atoms with E-state index >= 15 is 0 Å². The first-order valence-electron chi connectivity index (χ1n) is 6.73. The predicted octanol–water partition coefficient (Wildman–Crippen LogP) is 1.94. The van der Waals surface area contributed by atoms with Gasteiger partial charge in [-0.15, -0.1) is 0 Å². The van der Waals surface area contributed by atoms with Crippen LogP contribution in [-0.4, -0.2) is 27.1 Å². The molecule has 0 unspecified atom stereocenters. The van der Waals surface area contributed by atoms with Gasteiger partial charge in [0, 0.05) is 18.4 Å². The summed E-state index contributed by atoms with van der Waals surface area (Å²) in [6, 6.07) is 6.29. The van der Waals surface area contributed by atoms with Crippen LogP contribution < -0.4 is 11.1 Å². The molecule has 1 aromatic carbocycles. The van der Waals surface area contributed by atoms with Crippen LogP contribution in [0.15, 0.2) is 29.2 Å². The van der Waals surface area contributed by atoms with Crippen molar-refractivity contribution < 1.29 is 13.2 Å². The van der Waals surface area contributed by atoms with Crippen molar-refractivity contribution in [2.75, 3.05) is 18.1 Å². The molecule has 0 aliphatic carbocycles. The zero-order valence-corrected chi connectivity index (χ0v) is 12.6. The Labute approximate surface area is 120 Å². The van der Waals surface area contributed by atoms with Gasteiger partial charge in [-0.2, -0.15) is 0 Å². The van der Waals surface area contributed by atoms with Crippen LogP contribution in [0.2, 0.25) is 0 Å². The number of anilines is 1. The fraction of sp³-hybridized carbons (Fsp3) is 0.500. The van der Waals surface area contributed by atoms with Crippen molar-refractivity contribution in [1.29, 1.82) is 0 Å². The minimum absolute atomic E-state index is 0.0941. The first-order chi connectivity index (χ1) is 9.43. The summed E-state index contributed by atoms with van der Waals surface area (Å²) < 4.78 is 22.8. The van der Waals surface area contributed by atoms with Gasteiger partial charge in [0.25, 0.3) is 0 Å². The Morgan fingerprint density at radius 2 is 1.90 bits per heavy atom. The van der Waals surface area contributed by atoms with Gasteiger partial charge in [-0.3, -0.25) is 4.79 Å². The first kappa shape index (κ1) is 16.7. The third kappa shape index (κ3) is 6.16. The number of carbonyl (C=O) groups excluding carboxylic acids is 1. The van der Waals surface area contributed by atoms with Crippen molar-refractivity contribution in [2.24, 2.45) is 5.73 Å². The van der Waals surface area contributed by atoms with Crippen LogP contribution in [0.1, 0.15) is 32.1 Å². The molecule has 1 rings (SSSR count). The summed E-state index contributed by atoms with van der Waals surface area (Å²) in [4.78, 5) is 11.9. The van der Waals surface area contributed by atoms with Crippen LogP contribution in [0.25, 0.3) is 0 Å². The van der Waals surface area contributed by atoms with Crippen molar-refractivity contribution in [3.63, 3.8) is 0 Å². The van der Waals surface area contributed by atoms with E-state index in [0.717, 1.165) is 31.9 Å². The van der Waals surface area contributed by atoms with Crippen molar-refractivity contribution in [3.8, 4) is 0 Å². The Hall–Kier alpha value is -1.40. The normalized spacial score (nSPS) is 11.3. The van der Waals surface area contributed by atoms with Crippen molar-refractivity contribution in [1.82, 2.24) is 0 Å². The van der Waals surface area contributed by atoms with Crippen LogP contribution in [0.4, 0.5) is 5.69 Å². The number of carbonyl (C=O) groups is 1. The summed E-state index contributed by atoms with van der Waals surface area (Å²) in [6.07, 6.45) is 5.40. The molecule has 0 aliphatic heterocycles. The monoisotopic (exact) mass is 298 g/mol. The molecule has 0 saturated carbocycles. The van der Waals surface area contributed by atoms with Crippen LogP contribution in [0.5, 0.6) is 0 Å². The summed E-state index contributed by atoms with van der Waals surface area (Å²) in [5.41, 5.74) is 5.91. The van der Waals surface area contributed by atoms with E-state index < -0.39 is 9.84 Å². The number of nitrogens with one attached hydrogen (secondary N) is 1. The molecule has 0 atom stereocenters. The smallest absolute Gasteiger partial charge is 0.224 e. The molecule has 20 heavy (non-hydrogen) atoms. The number of hydrogen-bond acceptors (Lipinski definition) is 4. The quantitative estimate of drug-likeness (QED) is 0.718. The highest BCUT2D eigenvalue weighted by molar-refractivity contribution is 7.90. The Morgan fingerprint density at radius 1 is 1.20 bits per heavy atom. The highest BCUT2D eigenvalue weighted by atomic mass is 32.2. The van der Waals surface area contributed by atoms with Gasteiger partial charge < -0.3 is 11.1 Å². The number of amides is 1. The molecular weight excluding hydrogens is 276 g/mol. The molecule has 1 amide bonds. The number of nitrogens with two attached hydrogens (primary N) is 1. The highest BCUT2D eigenvalue weighted by Crippen LogP contribution is 2.15. The number of unbranched alkanes of at least 4 members (excludes halogenated alkanes) is 3. The van der Waals surface area contributed by atoms with Crippen molar-refractivity contribution >= 4 is 21.4 Å². The predicted molar refractivity (Wildman–Crippen MR) is 80.3 cm³/mol. The van der Waals surface area contributed by atoms with Gasteiger partial charge >= 0.3 is 0 Å². The van der Waals surface area contributed by atoms with Crippen LogP contribution in [0, 0.1) is 0 Å². The molecular formula is C14H22N2O3S. The Kier molecular flexibility index (Phi) is 6.67. The summed E-state index contributed by atoms with van der Waals surface area (Å²) >= 11 is 0. The van der Waals surface area contributed by atoms with E-state index in [4.69, 9.17) is 5.73 Å². The van der Waals surface area contributed by atoms with E-state index in [0.29, 0.717) is 18.7 Å². The van der Waals surface area contributed by atoms with E-state index in [9.17, 15) is 13.2 Å². The summed E-state index contributed by atoms with van der Waals surface area (Å²) in [5.74, 6) is -0.0941. The van der Waals surface area contributed by atoms with E-state index in [1.165, 1.54) is 12.1 Å². The number of rotatable bonds is 8. The van der Waals surface area contributed by atoms with Gasteiger partial charge in [0.2, 0.25) is 5.91 Å². The summed E-state index contributed by atoms with van der Waals surface area (Å²) in [7, 11) is -3.25. The molecule has 0 fully saturated rings. The van der Waals surface area contributed by atoms with Gasteiger partial charge in [-0.05, 0) is 37.6 Å². The third-order valence-corrected chi connectivity index (χ3v) is 4.01. The lowest BCUT2D eigenvalue weighted by Crippen LogP contribution is -2.11. The fourth-order valence-electron chi connectivity index (χ4n) is 1.81. The second kappa shape index (κ2) is 8.01. The maximum Gasteiger partial charge on any atom is 0.224 e. The number of hydrogen-bond donors (Lipinski definition) is 2. The minimum Gasteiger partial charge on any atom is -0.330 e. The zero-order valence-electron chi connectivity index (χ0n) is 11.8. The molecule has 3 N–H and O–H groups in total. The van der Waals surface area contributed by atoms with Gasteiger partial charge in [-0.25, -0.2) is 8.42 Å². The molecule has 0 radical (unpaired) electrons. The Balaban J connectivity index is 2.46. The summed E-state index contributed by atoms with van der Waals surface area (Å²) in [5, 5.41) is 2.72. The molecule has 0 aliphatic rings. The average Bonchev–Trinajstić information content (AvgIpc) is 2.38. The topological polar surface area (TPSA) is 89.3 Å². The fourth-order valence-corrected chi connectivity index (χ4v) is 2.48. The number of sulfone groups is 1. The molecule has 0 aromatic heterocycles. The molecule has 112 valence electrons. The SMILES string of the molecule is CS(=O)(=O)c1cccc(NC(=O)CCCCCCN)c1. The van der Waals surface area contributed by atoms with Gasteiger partial charge in [-0.1, -0.05) is 18.9 Å². The molecule has 0 heterocycles. The first-order valence-corrected chi connectivity index (χ1v) is 8.62. The number of benzene rings is 1. The van der Waals surface area contributed by atoms with Gasteiger partial charge in [0.05, 0.1) is 4.90 Å². The standard InChI is InChI=1S/C14H22N2O3S/c1-20(18,19)13-8-6-7-12(11-13)16-14(17)9-4-2-3-5-10-15/h6-8,11H,2-5,9-10,15H2,1H3,(H,16,17). The van der Waals surface area contributed by atoms with Crippen LogP contribution in [-0.2, 0) is 14.6 Å². The Morgan fingerprint density at radius 3 is 2.55 bits per heavy atom. The maximum absolute atomic E-state index is 11.7. The molecule has 5 nitrogen and oxygen atoms in total. The second-order valence-corrected chi connectivity index (χ2v) is 6.82. The van der Waals surface area contributed by atoms with E-state index in [-0.39, 0.29) is 10.8 Å². The Bertz CT molecular complexity index is 541. The molecule has 0 saturated heterocycles. The third-order valence-electron chi connectivity index (χ3n) is 2.90. The maximum atomic E-state index is 11.7. The van der Waals surface area contributed by atoms with E-state index in [1.807, 2.05) is 0 Å². The average molecular weight is 298 g/mol. The van der Waals surface area contributed by atoms with Crippen molar-refractivity contribution in [2.45, 2.75) is 37.0 Å². The lowest BCUT2D eigenvalue weighted by Gasteiger charge is -2.06. The second-order valence-electron chi connectivity index (χ2n) is 4.80. The molecule has 6 heteroatoms. The van der Waals surface area contributed by atoms with Crippen molar-refractivity contribution in [3.05, 3.63) is 24.3 Å². The molecule has 1 aromatic rings. The summed E-state index contributed by atoms with van der Waals surface area (Å²) in [6.45, 7) is 0.685. The van der Waals surface area contributed by atoms with E-state index in [1.54, 1.807) is 12.1 Å². The molecule has 0 spiro atoms. The largest absolute Gasteiger partial charge is 0.330 e. The lowest BCUT2D eigenvalue weighted by atomic mass is 10.1. The molecule has 0 bridgehead atoms. The minimum atomic E-state index is -3.25. The highest BCUT2D eigenvalue weighted by Gasteiger charge is 2.08. The van der Waals surface area contributed by atoms with Gasteiger partial charge in [0.15, 0.2) is 9.84 Å². The van der Waals surface area contributed by atoms with Crippen LogP contribution >= 0.6 is 0 Å².